The van der Waals surface area contributed by atoms with Crippen LogP contribution in [0.5, 0.6) is 0 Å². The fraction of sp³-hybridized carbons (Fsp3) is 0.471. The molecule has 0 amide bonds. The number of benzene rings is 1. The predicted molar refractivity (Wildman–Crippen MR) is 93.0 cm³/mol. The summed E-state index contributed by atoms with van der Waals surface area (Å²) in [6, 6.07) is 6.95. The summed E-state index contributed by atoms with van der Waals surface area (Å²) in [6.07, 6.45) is 5.71. The zero-order chi connectivity index (χ0) is 17.0. The van der Waals surface area contributed by atoms with Crippen LogP contribution in [0.2, 0.25) is 0 Å². The molecule has 0 spiro atoms. The molecule has 6 nitrogen and oxygen atoms in total. The summed E-state index contributed by atoms with van der Waals surface area (Å²) in [5.74, 6) is 1.28. The van der Waals surface area contributed by atoms with Gasteiger partial charge >= 0.3 is 0 Å². The molecule has 1 fully saturated rings. The minimum atomic E-state index is -3.43. The molecule has 1 aliphatic heterocycles. The van der Waals surface area contributed by atoms with Crippen LogP contribution in [-0.2, 0) is 16.6 Å². The molecular weight excluding hydrogens is 324 g/mol. The highest BCUT2D eigenvalue weighted by molar-refractivity contribution is 7.89. The molecule has 0 bridgehead atoms. The number of sulfonamides is 1. The maximum absolute atomic E-state index is 12.4. The first-order valence-corrected chi connectivity index (χ1v) is 9.78. The monoisotopic (exact) mass is 348 g/mol. The normalized spacial score (nSPS) is 19.5. The quantitative estimate of drug-likeness (QED) is 0.836. The summed E-state index contributed by atoms with van der Waals surface area (Å²) in [5, 5.41) is 0. The van der Waals surface area contributed by atoms with E-state index in [1.165, 1.54) is 0 Å². The van der Waals surface area contributed by atoms with Crippen molar-refractivity contribution >= 4 is 10.0 Å². The van der Waals surface area contributed by atoms with E-state index in [2.05, 4.69) is 19.6 Å². The van der Waals surface area contributed by atoms with Crippen LogP contribution < -0.4 is 4.72 Å². The van der Waals surface area contributed by atoms with Gasteiger partial charge in [-0.1, -0.05) is 17.7 Å². The number of aromatic amines is 1. The van der Waals surface area contributed by atoms with Gasteiger partial charge in [-0.25, -0.2) is 18.1 Å². The van der Waals surface area contributed by atoms with Crippen molar-refractivity contribution in [3.8, 4) is 0 Å². The van der Waals surface area contributed by atoms with E-state index in [1.54, 1.807) is 18.3 Å². The fourth-order valence-corrected chi connectivity index (χ4v) is 4.20. The Morgan fingerprint density at radius 1 is 1.33 bits per heavy atom. The zero-order valence-electron chi connectivity index (χ0n) is 13.9. The lowest BCUT2D eigenvalue weighted by Gasteiger charge is -2.32. The number of rotatable bonds is 6. The lowest BCUT2D eigenvalue weighted by molar-refractivity contribution is 0.165. The topological polar surface area (TPSA) is 78.1 Å². The molecule has 1 atom stereocenters. The Kier molecular flexibility index (Phi) is 5.33. The van der Waals surface area contributed by atoms with Crippen molar-refractivity contribution < 1.29 is 8.42 Å². The van der Waals surface area contributed by atoms with Crippen LogP contribution in [0, 0.1) is 12.8 Å². The highest BCUT2D eigenvalue weighted by atomic mass is 32.2. The molecule has 1 aliphatic rings. The molecule has 2 heterocycles. The second-order valence-corrected chi connectivity index (χ2v) is 8.21. The Morgan fingerprint density at radius 2 is 2.12 bits per heavy atom. The molecule has 2 aromatic rings. The number of imidazole rings is 1. The fourth-order valence-electron chi connectivity index (χ4n) is 3.09. The van der Waals surface area contributed by atoms with E-state index in [9.17, 15) is 8.42 Å². The van der Waals surface area contributed by atoms with Gasteiger partial charge in [0.15, 0.2) is 0 Å². The predicted octanol–water partition coefficient (Wildman–Crippen LogP) is 1.91. The number of piperidine rings is 1. The van der Waals surface area contributed by atoms with E-state index in [-0.39, 0.29) is 0 Å². The smallest absolute Gasteiger partial charge is 0.240 e. The molecule has 1 saturated heterocycles. The molecule has 1 unspecified atom stereocenters. The highest BCUT2D eigenvalue weighted by Gasteiger charge is 2.23. The van der Waals surface area contributed by atoms with Crippen molar-refractivity contribution in [2.24, 2.45) is 5.92 Å². The number of aryl methyl sites for hydroxylation is 1. The molecule has 2 N–H and O–H groups in total. The minimum absolute atomic E-state index is 0.328. The summed E-state index contributed by atoms with van der Waals surface area (Å²) in [4.78, 5) is 10.0. The molecule has 0 radical (unpaired) electrons. The Hall–Kier alpha value is -1.70. The third kappa shape index (κ3) is 4.43. The van der Waals surface area contributed by atoms with Crippen LogP contribution in [0.3, 0.4) is 0 Å². The molecule has 1 aromatic carbocycles. The second-order valence-electron chi connectivity index (χ2n) is 6.44. The maximum atomic E-state index is 12.4. The van der Waals surface area contributed by atoms with E-state index >= 15 is 0 Å². The standard InChI is InChI=1S/C17H24N4O2S/c1-14-4-6-16(7-5-14)24(22,23)20-11-15-3-2-10-21(12-15)13-17-18-8-9-19-17/h4-9,15,20H,2-3,10-13H2,1H3,(H,18,19). The Balaban J connectivity index is 1.54. The second kappa shape index (κ2) is 7.46. The molecule has 3 rings (SSSR count). The van der Waals surface area contributed by atoms with Gasteiger partial charge in [-0.05, 0) is 44.4 Å². The van der Waals surface area contributed by atoms with Crippen molar-refractivity contribution in [1.82, 2.24) is 19.6 Å². The summed E-state index contributed by atoms with van der Waals surface area (Å²) in [6.45, 7) is 5.12. The first-order valence-electron chi connectivity index (χ1n) is 8.30. The lowest BCUT2D eigenvalue weighted by atomic mass is 9.98. The largest absolute Gasteiger partial charge is 0.348 e. The number of hydrogen-bond acceptors (Lipinski definition) is 4. The average Bonchev–Trinajstić information content (AvgIpc) is 3.07. The van der Waals surface area contributed by atoms with Crippen LogP contribution in [0.15, 0.2) is 41.6 Å². The van der Waals surface area contributed by atoms with Crippen LogP contribution in [0.1, 0.15) is 24.2 Å². The van der Waals surface area contributed by atoms with Gasteiger partial charge < -0.3 is 4.98 Å². The van der Waals surface area contributed by atoms with Crippen molar-refractivity contribution in [2.75, 3.05) is 19.6 Å². The van der Waals surface area contributed by atoms with Gasteiger partial charge in [0.25, 0.3) is 0 Å². The number of H-pyrrole nitrogens is 1. The third-order valence-corrected chi connectivity index (χ3v) is 5.86. The summed E-state index contributed by atoms with van der Waals surface area (Å²) in [7, 11) is -3.43. The Bertz CT molecular complexity index is 741. The molecular formula is C17H24N4O2S. The number of aromatic nitrogens is 2. The molecule has 7 heteroatoms. The third-order valence-electron chi connectivity index (χ3n) is 4.42. The first kappa shape index (κ1) is 17.1. The number of hydrogen-bond donors (Lipinski definition) is 2. The van der Waals surface area contributed by atoms with Gasteiger partial charge in [-0.2, -0.15) is 0 Å². The molecule has 24 heavy (non-hydrogen) atoms. The van der Waals surface area contributed by atoms with Crippen LogP contribution >= 0.6 is 0 Å². The summed E-state index contributed by atoms with van der Waals surface area (Å²) >= 11 is 0. The van der Waals surface area contributed by atoms with E-state index in [1.807, 2.05) is 25.3 Å². The van der Waals surface area contributed by atoms with Crippen LogP contribution in [0.25, 0.3) is 0 Å². The van der Waals surface area contributed by atoms with E-state index < -0.39 is 10.0 Å². The molecule has 0 aliphatic carbocycles. The van der Waals surface area contributed by atoms with Gasteiger partial charge in [-0.3, -0.25) is 4.90 Å². The van der Waals surface area contributed by atoms with Crippen molar-refractivity contribution in [2.45, 2.75) is 31.2 Å². The van der Waals surface area contributed by atoms with E-state index in [0.717, 1.165) is 43.9 Å². The van der Waals surface area contributed by atoms with Gasteiger partial charge in [0.05, 0.1) is 11.4 Å². The number of nitrogens with zero attached hydrogens (tertiary/aromatic N) is 2. The Labute approximate surface area is 143 Å². The van der Waals surface area contributed by atoms with Crippen LogP contribution in [0.4, 0.5) is 0 Å². The van der Waals surface area contributed by atoms with Gasteiger partial charge in [0.2, 0.25) is 10.0 Å². The molecule has 0 saturated carbocycles. The van der Waals surface area contributed by atoms with E-state index in [0.29, 0.717) is 17.4 Å². The zero-order valence-corrected chi connectivity index (χ0v) is 14.7. The lowest BCUT2D eigenvalue weighted by Crippen LogP contribution is -2.40. The van der Waals surface area contributed by atoms with Gasteiger partial charge in [0.1, 0.15) is 5.82 Å². The Morgan fingerprint density at radius 3 is 2.83 bits per heavy atom. The highest BCUT2D eigenvalue weighted by Crippen LogP contribution is 2.18. The van der Waals surface area contributed by atoms with Gasteiger partial charge in [-0.15, -0.1) is 0 Å². The molecule has 130 valence electrons. The SMILES string of the molecule is Cc1ccc(S(=O)(=O)NCC2CCCN(Cc3ncc[nH]3)C2)cc1. The van der Waals surface area contributed by atoms with Crippen LogP contribution in [-0.4, -0.2) is 42.9 Å². The average molecular weight is 348 g/mol. The minimum Gasteiger partial charge on any atom is -0.348 e. The number of nitrogens with one attached hydrogen (secondary N) is 2. The van der Waals surface area contributed by atoms with E-state index in [4.69, 9.17) is 0 Å². The summed E-state index contributed by atoms with van der Waals surface area (Å²) < 4.78 is 27.5. The molecule has 1 aromatic heterocycles. The van der Waals surface area contributed by atoms with Gasteiger partial charge in [0, 0.05) is 25.5 Å². The first-order chi connectivity index (χ1) is 11.5. The summed E-state index contributed by atoms with van der Waals surface area (Å²) in [5.41, 5.74) is 1.05. The van der Waals surface area contributed by atoms with Crippen molar-refractivity contribution in [3.63, 3.8) is 0 Å². The van der Waals surface area contributed by atoms with Crippen molar-refractivity contribution in [1.29, 1.82) is 0 Å². The number of likely N-dealkylation sites (tertiary alicyclic amines) is 1. The van der Waals surface area contributed by atoms with Crippen molar-refractivity contribution in [3.05, 3.63) is 48.0 Å². The maximum Gasteiger partial charge on any atom is 0.240 e.